The highest BCUT2D eigenvalue weighted by atomic mass is 14.6. The molecule has 4 aromatic carbocycles. The van der Waals surface area contributed by atoms with Gasteiger partial charge in [0.05, 0.1) is 0 Å². The van der Waals surface area contributed by atoms with Gasteiger partial charge in [-0.25, -0.2) is 0 Å². The minimum atomic E-state index is -0.0213. The van der Waals surface area contributed by atoms with E-state index in [-0.39, 0.29) is 12.0 Å². The molecule has 2 aliphatic rings. The highest BCUT2D eigenvalue weighted by Crippen LogP contribution is 2.44. The lowest BCUT2D eigenvalue weighted by Crippen LogP contribution is -2.27. The lowest BCUT2D eigenvalue weighted by Gasteiger charge is -2.28. The van der Waals surface area contributed by atoms with Crippen LogP contribution in [-0.4, -0.2) is 6.04 Å². The maximum absolute atomic E-state index is 6.61. The van der Waals surface area contributed by atoms with E-state index in [2.05, 4.69) is 104 Å². The molecule has 4 N–H and O–H groups in total. The Balaban J connectivity index is 1.59. The Morgan fingerprint density at radius 1 is 0.743 bits per heavy atom. The van der Waals surface area contributed by atoms with Crippen LogP contribution in [-0.2, 0) is 6.42 Å². The SMILES string of the molecule is CC1C=C(c2ccc(N)cc2-c2cccc3ccccc23)C(c2cccc3c2C=CCC3)=CC1N. The van der Waals surface area contributed by atoms with Crippen molar-refractivity contribution >= 4 is 33.7 Å². The van der Waals surface area contributed by atoms with Gasteiger partial charge in [0.2, 0.25) is 0 Å². The topological polar surface area (TPSA) is 52.0 Å². The minimum Gasteiger partial charge on any atom is -0.399 e. The lowest BCUT2D eigenvalue weighted by atomic mass is 9.77. The molecule has 2 atom stereocenters. The number of allylic oxidation sites excluding steroid dienone is 3. The fourth-order valence-corrected chi connectivity index (χ4v) is 5.55. The van der Waals surface area contributed by atoms with Crippen molar-refractivity contribution in [3.63, 3.8) is 0 Å². The lowest BCUT2D eigenvalue weighted by molar-refractivity contribution is 0.629. The van der Waals surface area contributed by atoms with Crippen LogP contribution in [0.3, 0.4) is 0 Å². The van der Waals surface area contributed by atoms with Crippen LogP contribution in [0.2, 0.25) is 0 Å². The average Bonchev–Trinajstić information content (AvgIpc) is 2.89. The predicted molar refractivity (Wildman–Crippen MR) is 151 cm³/mol. The molecule has 172 valence electrons. The first-order chi connectivity index (χ1) is 17.1. The van der Waals surface area contributed by atoms with Gasteiger partial charge in [0.1, 0.15) is 0 Å². The molecule has 2 heteroatoms. The summed E-state index contributed by atoms with van der Waals surface area (Å²) in [6, 6.07) is 28.0. The Labute approximate surface area is 207 Å². The van der Waals surface area contributed by atoms with E-state index in [1.807, 2.05) is 6.07 Å². The number of hydrogen-bond donors (Lipinski definition) is 2. The Morgan fingerprint density at radius 3 is 2.43 bits per heavy atom. The molecule has 6 rings (SSSR count). The molecule has 0 saturated carbocycles. The predicted octanol–water partition coefficient (Wildman–Crippen LogP) is 7.49. The maximum atomic E-state index is 6.61. The number of aryl methyl sites for hydroxylation is 1. The van der Waals surface area contributed by atoms with Crippen LogP contribution in [0, 0.1) is 5.92 Å². The second-order valence-corrected chi connectivity index (χ2v) is 9.75. The van der Waals surface area contributed by atoms with Crippen molar-refractivity contribution in [2.45, 2.75) is 25.8 Å². The molecular weight excluding hydrogens is 424 g/mol. The molecule has 0 fully saturated rings. The number of nitrogen functional groups attached to an aromatic ring is 1. The largest absolute Gasteiger partial charge is 0.399 e. The fraction of sp³-hybridized carbons (Fsp3) is 0.152. The molecule has 0 radical (unpaired) electrons. The third-order valence-electron chi connectivity index (χ3n) is 7.45. The van der Waals surface area contributed by atoms with Gasteiger partial charge in [-0.15, -0.1) is 0 Å². The molecule has 0 heterocycles. The van der Waals surface area contributed by atoms with E-state index in [9.17, 15) is 0 Å². The Hall–Kier alpha value is -3.88. The summed E-state index contributed by atoms with van der Waals surface area (Å²) in [5.41, 5.74) is 23.7. The highest BCUT2D eigenvalue weighted by Gasteiger charge is 2.25. The van der Waals surface area contributed by atoms with Crippen molar-refractivity contribution in [1.29, 1.82) is 0 Å². The molecule has 2 nitrogen and oxygen atoms in total. The van der Waals surface area contributed by atoms with Gasteiger partial charge >= 0.3 is 0 Å². The van der Waals surface area contributed by atoms with Gasteiger partial charge in [0.25, 0.3) is 0 Å². The third-order valence-corrected chi connectivity index (χ3v) is 7.45. The van der Waals surface area contributed by atoms with Crippen molar-refractivity contribution in [1.82, 2.24) is 0 Å². The molecule has 0 aromatic heterocycles. The molecule has 2 aliphatic carbocycles. The number of hydrogen-bond acceptors (Lipinski definition) is 2. The van der Waals surface area contributed by atoms with Gasteiger partial charge < -0.3 is 11.5 Å². The fourth-order valence-electron chi connectivity index (χ4n) is 5.55. The average molecular weight is 455 g/mol. The molecule has 0 aliphatic heterocycles. The molecule has 4 aromatic rings. The van der Waals surface area contributed by atoms with Crippen molar-refractivity contribution in [3.8, 4) is 11.1 Å². The van der Waals surface area contributed by atoms with E-state index in [1.165, 1.54) is 49.7 Å². The summed E-state index contributed by atoms with van der Waals surface area (Å²) in [5, 5.41) is 2.46. The number of benzene rings is 4. The van der Waals surface area contributed by atoms with E-state index in [0.717, 1.165) is 24.1 Å². The summed E-state index contributed by atoms with van der Waals surface area (Å²) < 4.78 is 0. The number of nitrogens with two attached hydrogens (primary N) is 2. The van der Waals surface area contributed by atoms with E-state index < -0.39 is 0 Å². The Bertz CT molecular complexity index is 1530. The van der Waals surface area contributed by atoms with E-state index in [1.54, 1.807) is 0 Å². The molecule has 0 saturated heterocycles. The molecular formula is C33H30N2. The number of anilines is 1. The zero-order valence-corrected chi connectivity index (χ0v) is 20.0. The summed E-state index contributed by atoms with van der Waals surface area (Å²) in [4.78, 5) is 0. The summed E-state index contributed by atoms with van der Waals surface area (Å²) in [7, 11) is 0. The molecule has 0 amide bonds. The maximum Gasteiger partial charge on any atom is 0.0320 e. The summed E-state index contributed by atoms with van der Waals surface area (Å²) in [6.45, 7) is 2.20. The first kappa shape index (κ1) is 21.6. The van der Waals surface area contributed by atoms with Crippen molar-refractivity contribution in [2.24, 2.45) is 11.7 Å². The standard InChI is InChI=1S/C33H30N2/c1-21-18-30(32(20-33(21)35)28-15-7-11-23-9-3-5-13-26(23)28)29-17-16-24(34)19-31(29)27-14-6-10-22-8-2-4-12-25(22)27/h2,4-8,10-21,33H,3,9,34-35H2,1H3. The molecule has 2 unspecified atom stereocenters. The summed E-state index contributed by atoms with van der Waals surface area (Å²) in [5.74, 6) is 0.238. The first-order valence-corrected chi connectivity index (χ1v) is 12.5. The second kappa shape index (κ2) is 8.72. The molecule has 35 heavy (non-hydrogen) atoms. The number of fused-ring (bicyclic) bond motifs is 2. The third kappa shape index (κ3) is 3.80. The van der Waals surface area contributed by atoms with Crippen molar-refractivity contribution in [3.05, 3.63) is 119 Å². The van der Waals surface area contributed by atoms with E-state index in [0.29, 0.717) is 0 Å². The summed E-state index contributed by atoms with van der Waals surface area (Å²) in [6.07, 6.45) is 11.4. The van der Waals surface area contributed by atoms with Gasteiger partial charge in [0, 0.05) is 11.7 Å². The second-order valence-electron chi connectivity index (χ2n) is 9.75. The van der Waals surface area contributed by atoms with Crippen LogP contribution in [0.25, 0.3) is 39.1 Å². The van der Waals surface area contributed by atoms with E-state index in [4.69, 9.17) is 11.5 Å². The highest BCUT2D eigenvalue weighted by molar-refractivity contribution is 6.12. The van der Waals surface area contributed by atoms with E-state index >= 15 is 0 Å². The van der Waals surface area contributed by atoms with Crippen molar-refractivity contribution in [2.75, 3.05) is 5.73 Å². The Morgan fingerprint density at radius 2 is 1.51 bits per heavy atom. The summed E-state index contributed by atoms with van der Waals surface area (Å²) >= 11 is 0. The molecule has 0 bridgehead atoms. The van der Waals surface area contributed by atoms with Gasteiger partial charge in [-0.05, 0) is 86.2 Å². The van der Waals surface area contributed by atoms with Crippen molar-refractivity contribution < 1.29 is 0 Å². The van der Waals surface area contributed by atoms with Crippen LogP contribution in [0.4, 0.5) is 5.69 Å². The van der Waals surface area contributed by atoms with Crippen LogP contribution in [0.1, 0.15) is 35.6 Å². The molecule has 0 spiro atoms. The normalized spacial score (nSPS) is 19.3. The number of rotatable bonds is 3. The zero-order valence-electron chi connectivity index (χ0n) is 20.0. The van der Waals surface area contributed by atoms with Crippen LogP contribution >= 0.6 is 0 Å². The Kier molecular flexibility index (Phi) is 5.39. The van der Waals surface area contributed by atoms with Gasteiger partial charge in [-0.2, -0.15) is 0 Å². The minimum absolute atomic E-state index is 0.0213. The van der Waals surface area contributed by atoms with Crippen LogP contribution in [0.15, 0.2) is 97.1 Å². The smallest absolute Gasteiger partial charge is 0.0320 e. The zero-order chi connectivity index (χ0) is 23.9. The van der Waals surface area contributed by atoms with Crippen LogP contribution in [0.5, 0.6) is 0 Å². The quantitative estimate of drug-likeness (QED) is 0.315. The van der Waals surface area contributed by atoms with Crippen LogP contribution < -0.4 is 11.5 Å². The van der Waals surface area contributed by atoms with Gasteiger partial charge in [-0.1, -0.05) is 98.0 Å². The van der Waals surface area contributed by atoms with Gasteiger partial charge in [-0.3, -0.25) is 0 Å². The monoisotopic (exact) mass is 454 g/mol. The first-order valence-electron chi connectivity index (χ1n) is 12.5. The van der Waals surface area contributed by atoms with Gasteiger partial charge in [0.15, 0.2) is 0 Å².